The molecule has 1 aromatic heterocycles. The van der Waals surface area contributed by atoms with Crippen molar-refractivity contribution in [3.05, 3.63) is 88.7 Å². The number of aromatic nitrogens is 2. The molecule has 3 aromatic rings. The summed E-state index contributed by atoms with van der Waals surface area (Å²) >= 11 is 0. The van der Waals surface area contributed by atoms with Crippen LogP contribution in [-0.4, -0.2) is 42.1 Å². The monoisotopic (exact) mass is 378 g/mol. The first-order valence-corrected chi connectivity index (χ1v) is 8.47. The molecule has 0 bridgehead atoms. The maximum absolute atomic E-state index is 13.5. The Hall–Kier alpha value is -3.74. The number of hydrogen-bond acceptors (Lipinski definition) is 6. The Balaban J connectivity index is 2.16. The van der Waals surface area contributed by atoms with E-state index in [0.29, 0.717) is 0 Å². The summed E-state index contributed by atoms with van der Waals surface area (Å²) in [5.74, 6) is -2.82. The van der Waals surface area contributed by atoms with Gasteiger partial charge >= 0.3 is 11.9 Å². The van der Waals surface area contributed by atoms with Gasteiger partial charge in [-0.25, -0.2) is 9.59 Å². The summed E-state index contributed by atoms with van der Waals surface area (Å²) < 4.78 is 9.42. The van der Waals surface area contributed by atoms with Crippen molar-refractivity contribution in [3.8, 4) is 0 Å². The van der Waals surface area contributed by atoms with Gasteiger partial charge < -0.3 is 9.47 Å². The van der Waals surface area contributed by atoms with E-state index in [0.717, 1.165) is 18.2 Å². The number of carbonyl (C=O) groups excluding carboxylic acids is 3. The highest BCUT2D eigenvalue weighted by atomic mass is 16.5. The van der Waals surface area contributed by atoms with Crippen molar-refractivity contribution in [2.75, 3.05) is 14.2 Å². The van der Waals surface area contributed by atoms with E-state index in [-0.39, 0.29) is 17.0 Å². The van der Waals surface area contributed by atoms with Crippen LogP contribution in [0.3, 0.4) is 0 Å². The molecule has 1 heterocycles. The lowest BCUT2D eigenvalue weighted by atomic mass is 9.85. The molecular weight excluding hydrogens is 360 g/mol. The number of methoxy groups -OCH3 is 2. The van der Waals surface area contributed by atoms with Crippen molar-refractivity contribution in [2.45, 2.75) is 5.92 Å². The van der Waals surface area contributed by atoms with Crippen molar-refractivity contribution in [2.24, 2.45) is 0 Å². The second kappa shape index (κ2) is 8.30. The van der Waals surface area contributed by atoms with Crippen LogP contribution in [0.2, 0.25) is 0 Å². The second-order valence-corrected chi connectivity index (χ2v) is 5.92. The molecule has 0 spiro atoms. The fourth-order valence-corrected chi connectivity index (χ4v) is 2.99. The molecule has 0 aliphatic carbocycles. The van der Waals surface area contributed by atoms with E-state index >= 15 is 0 Å². The van der Waals surface area contributed by atoms with Crippen LogP contribution >= 0.6 is 0 Å². The second-order valence-electron chi connectivity index (χ2n) is 5.92. The SMILES string of the molecule is COC(=O)c1[nH]nc(C(=O)C(c2ccccc2)c2ccccc2)c1C(=O)OC. The Bertz CT molecular complexity index is 957. The number of nitrogens with zero attached hydrogens (tertiary/aromatic N) is 1. The minimum absolute atomic E-state index is 0.176. The highest BCUT2D eigenvalue weighted by Gasteiger charge is 2.34. The molecule has 28 heavy (non-hydrogen) atoms. The highest BCUT2D eigenvalue weighted by molar-refractivity contribution is 6.13. The Morgan fingerprint density at radius 1 is 0.821 bits per heavy atom. The molecule has 7 nitrogen and oxygen atoms in total. The fraction of sp³-hybridized carbons (Fsp3) is 0.143. The molecular formula is C21H18N2O5. The molecule has 1 N–H and O–H groups in total. The first-order valence-electron chi connectivity index (χ1n) is 8.47. The summed E-state index contributed by atoms with van der Waals surface area (Å²) in [6.45, 7) is 0. The minimum Gasteiger partial charge on any atom is -0.465 e. The first kappa shape index (κ1) is 19.0. The number of rotatable bonds is 6. The van der Waals surface area contributed by atoms with Gasteiger partial charge in [0.1, 0.15) is 11.3 Å². The third-order valence-electron chi connectivity index (χ3n) is 4.31. The highest BCUT2D eigenvalue weighted by Crippen LogP contribution is 2.30. The van der Waals surface area contributed by atoms with Crippen molar-refractivity contribution in [1.82, 2.24) is 10.2 Å². The zero-order valence-electron chi connectivity index (χ0n) is 15.3. The van der Waals surface area contributed by atoms with Crippen LogP contribution < -0.4 is 0 Å². The van der Waals surface area contributed by atoms with Crippen LogP contribution in [0.1, 0.15) is 48.4 Å². The van der Waals surface area contributed by atoms with Crippen LogP contribution in [0.25, 0.3) is 0 Å². The van der Waals surface area contributed by atoms with Gasteiger partial charge in [0.25, 0.3) is 0 Å². The number of aromatic amines is 1. The average Bonchev–Trinajstić information content (AvgIpc) is 3.19. The van der Waals surface area contributed by atoms with E-state index in [1.807, 2.05) is 60.7 Å². The molecule has 0 saturated carbocycles. The van der Waals surface area contributed by atoms with Gasteiger partial charge in [-0.05, 0) is 11.1 Å². The molecule has 7 heteroatoms. The topological polar surface area (TPSA) is 98.4 Å². The largest absolute Gasteiger partial charge is 0.465 e. The predicted octanol–water partition coefficient (Wildman–Crippen LogP) is 3.00. The Morgan fingerprint density at radius 2 is 1.32 bits per heavy atom. The van der Waals surface area contributed by atoms with E-state index in [1.54, 1.807) is 0 Å². The number of ether oxygens (including phenoxy) is 2. The van der Waals surface area contributed by atoms with Crippen molar-refractivity contribution in [1.29, 1.82) is 0 Å². The van der Waals surface area contributed by atoms with Gasteiger partial charge in [0.05, 0.1) is 20.1 Å². The molecule has 0 amide bonds. The Labute approximate surface area is 161 Å². The number of Topliss-reactive ketones (excluding diaryl/α,β-unsaturated/α-hetero) is 1. The van der Waals surface area contributed by atoms with Gasteiger partial charge in [0.15, 0.2) is 11.5 Å². The third-order valence-corrected chi connectivity index (χ3v) is 4.31. The van der Waals surface area contributed by atoms with E-state index in [4.69, 9.17) is 4.74 Å². The minimum atomic E-state index is -0.850. The predicted molar refractivity (Wildman–Crippen MR) is 100 cm³/mol. The molecule has 0 aliphatic heterocycles. The van der Waals surface area contributed by atoms with Gasteiger partial charge in [-0.1, -0.05) is 60.7 Å². The normalized spacial score (nSPS) is 10.5. The van der Waals surface area contributed by atoms with E-state index in [9.17, 15) is 14.4 Å². The van der Waals surface area contributed by atoms with Gasteiger partial charge in [-0.15, -0.1) is 0 Å². The summed E-state index contributed by atoms with van der Waals surface area (Å²) in [6, 6.07) is 18.3. The Kier molecular flexibility index (Phi) is 5.64. The van der Waals surface area contributed by atoms with Crippen LogP contribution in [0.15, 0.2) is 60.7 Å². The summed E-state index contributed by atoms with van der Waals surface area (Å²) in [4.78, 5) is 37.8. The zero-order valence-corrected chi connectivity index (χ0v) is 15.3. The number of hydrogen-bond donors (Lipinski definition) is 1. The number of nitrogens with one attached hydrogen (secondary N) is 1. The zero-order chi connectivity index (χ0) is 20.1. The molecule has 3 rings (SSSR count). The summed E-state index contributed by atoms with van der Waals surface area (Å²) in [7, 11) is 2.33. The molecule has 0 aliphatic rings. The number of carbonyl (C=O) groups is 3. The molecule has 0 unspecified atom stereocenters. The van der Waals surface area contributed by atoms with Crippen LogP contribution in [0, 0.1) is 0 Å². The molecule has 0 fully saturated rings. The van der Waals surface area contributed by atoms with Gasteiger partial charge in [0, 0.05) is 0 Å². The lowest BCUT2D eigenvalue weighted by molar-refractivity contribution is 0.0550. The van der Waals surface area contributed by atoms with Crippen molar-refractivity contribution < 1.29 is 23.9 Å². The molecule has 0 atom stereocenters. The smallest absolute Gasteiger partial charge is 0.357 e. The molecule has 142 valence electrons. The number of benzene rings is 2. The van der Waals surface area contributed by atoms with E-state index < -0.39 is 23.6 Å². The lowest BCUT2D eigenvalue weighted by Crippen LogP contribution is -2.19. The summed E-state index contributed by atoms with van der Waals surface area (Å²) in [5.41, 5.74) is 0.827. The van der Waals surface area contributed by atoms with Gasteiger partial charge in [-0.3, -0.25) is 9.89 Å². The van der Waals surface area contributed by atoms with E-state index in [1.165, 1.54) is 7.11 Å². The van der Waals surface area contributed by atoms with Crippen LogP contribution in [-0.2, 0) is 9.47 Å². The molecule has 0 radical (unpaired) electrons. The van der Waals surface area contributed by atoms with Crippen molar-refractivity contribution in [3.63, 3.8) is 0 Å². The number of ketones is 1. The Morgan fingerprint density at radius 3 is 1.79 bits per heavy atom. The van der Waals surface area contributed by atoms with Crippen molar-refractivity contribution >= 4 is 17.7 Å². The molecule has 0 saturated heterocycles. The summed E-state index contributed by atoms with van der Waals surface area (Å²) in [6.07, 6.45) is 0. The molecule has 2 aromatic carbocycles. The van der Waals surface area contributed by atoms with Crippen LogP contribution in [0.4, 0.5) is 0 Å². The fourth-order valence-electron chi connectivity index (χ4n) is 2.99. The van der Waals surface area contributed by atoms with Crippen LogP contribution in [0.5, 0.6) is 0 Å². The average molecular weight is 378 g/mol. The van der Waals surface area contributed by atoms with Gasteiger partial charge in [-0.2, -0.15) is 5.10 Å². The standard InChI is InChI=1S/C21H18N2O5/c1-27-20(25)16-17(22-23-18(16)21(26)28-2)19(24)15(13-9-5-3-6-10-13)14-11-7-4-8-12-14/h3-12,15H,1-2H3,(H,22,23). The summed E-state index contributed by atoms with van der Waals surface area (Å²) in [5, 5.41) is 6.38. The maximum Gasteiger partial charge on any atom is 0.357 e. The lowest BCUT2D eigenvalue weighted by Gasteiger charge is -2.16. The number of H-pyrrole nitrogens is 1. The third kappa shape index (κ3) is 3.55. The maximum atomic E-state index is 13.5. The van der Waals surface area contributed by atoms with Gasteiger partial charge in [0.2, 0.25) is 0 Å². The quantitative estimate of drug-likeness (QED) is 0.523. The van der Waals surface area contributed by atoms with E-state index in [2.05, 4.69) is 14.9 Å². The first-order chi connectivity index (χ1) is 13.6. The number of esters is 2.